The average Bonchev–Trinajstić information content (AvgIpc) is 2.28. The summed E-state index contributed by atoms with van der Waals surface area (Å²) in [6.07, 6.45) is 2.17. The number of benzene rings is 1. The lowest BCUT2D eigenvalue weighted by Gasteiger charge is -2.19. The minimum absolute atomic E-state index is 0.0410. The highest BCUT2D eigenvalue weighted by Crippen LogP contribution is 2.24. The highest BCUT2D eigenvalue weighted by atomic mass is 16.6. The van der Waals surface area contributed by atoms with Gasteiger partial charge in [0.15, 0.2) is 0 Å². The molecule has 1 aromatic rings. The van der Waals surface area contributed by atoms with Gasteiger partial charge in [-0.05, 0) is 17.9 Å². The summed E-state index contributed by atoms with van der Waals surface area (Å²) in [5.41, 5.74) is 7.16. The molecule has 88 valence electrons. The van der Waals surface area contributed by atoms with Gasteiger partial charge in [0.1, 0.15) is 0 Å². The lowest BCUT2D eigenvalue weighted by Crippen LogP contribution is -2.18. The van der Waals surface area contributed by atoms with Crippen LogP contribution >= 0.6 is 0 Å². The van der Waals surface area contributed by atoms with E-state index >= 15 is 0 Å². The third-order valence-electron chi connectivity index (χ3n) is 2.85. The average molecular weight is 222 g/mol. The summed E-state index contributed by atoms with van der Waals surface area (Å²) < 4.78 is 0. The van der Waals surface area contributed by atoms with Crippen molar-refractivity contribution in [3.8, 4) is 0 Å². The molecule has 0 fully saturated rings. The zero-order valence-electron chi connectivity index (χ0n) is 9.72. The first-order valence-electron chi connectivity index (χ1n) is 5.56. The molecule has 0 aliphatic carbocycles. The fraction of sp³-hybridized carbons (Fsp3) is 0.500. The van der Waals surface area contributed by atoms with E-state index in [9.17, 15) is 10.1 Å². The summed E-state index contributed by atoms with van der Waals surface area (Å²) >= 11 is 0. The molecular weight excluding hydrogens is 204 g/mol. The van der Waals surface area contributed by atoms with Crippen LogP contribution in [0.4, 0.5) is 5.69 Å². The molecule has 0 spiro atoms. The Morgan fingerprint density at radius 3 is 2.38 bits per heavy atom. The minimum atomic E-state index is -0.398. The maximum absolute atomic E-state index is 10.5. The first-order valence-corrected chi connectivity index (χ1v) is 5.56. The van der Waals surface area contributed by atoms with Crippen molar-refractivity contribution in [2.75, 3.05) is 0 Å². The first kappa shape index (κ1) is 12.6. The molecule has 4 heteroatoms. The summed E-state index contributed by atoms with van der Waals surface area (Å²) in [4.78, 5) is 10.1. The molecule has 2 N–H and O–H groups in total. The second-order valence-electron chi connectivity index (χ2n) is 4.14. The van der Waals surface area contributed by atoms with E-state index in [0.717, 1.165) is 18.4 Å². The van der Waals surface area contributed by atoms with E-state index in [0.29, 0.717) is 5.92 Å². The predicted molar refractivity (Wildman–Crippen MR) is 64.1 cm³/mol. The van der Waals surface area contributed by atoms with Crippen LogP contribution < -0.4 is 5.73 Å². The lowest BCUT2D eigenvalue weighted by atomic mass is 9.92. The Morgan fingerprint density at radius 2 is 1.94 bits per heavy atom. The zero-order chi connectivity index (χ0) is 12.1. The molecule has 0 saturated heterocycles. The Bertz CT molecular complexity index is 349. The van der Waals surface area contributed by atoms with E-state index in [4.69, 9.17) is 5.73 Å². The van der Waals surface area contributed by atoms with Gasteiger partial charge in [-0.3, -0.25) is 10.1 Å². The van der Waals surface area contributed by atoms with Gasteiger partial charge in [-0.1, -0.05) is 32.4 Å². The molecular formula is C12H18N2O2. The summed E-state index contributed by atoms with van der Waals surface area (Å²) in [5.74, 6) is 0.395. The third kappa shape index (κ3) is 3.03. The van der Waals surface area contributed by atoms with Crippen LogP contribution in [0, 0.1) is 16.0 Å². The Morgan fingerprint density at radius 1 is 1.38 bits per heavy atom. The number of nitro benzene ring substituents is 1. The number of nitro groups is 1. The topological polar surface area (TPSA) is 69.2 Å². The molecule has 0 saturated carbocycles. The maximum Gasteiger partial charge on any atom is 0.269 e. The van der Waals surface area contributed by atoms with Gasteiger partial charge < -0.3 is 5.73 Å². The molecule has 4 nitrogen and oxygen atoms in total. The molecule has 1 aromatic carbocycles. The van der Waals surface area contributed by atoms with Crippen LogP contribution in [0.15, 0.2) is 24.3 Å². The Hall–Kier alpha value is -1.42. The molecule has 2 unspecified atom stereocenters. The van der Waals surface area contributed by atoms with Gasteiger partial charge in [0.2, 0.25) is 0 Å². The van der Waals surface area contributed by atoms with Crippen LogP contribution in [0.1, 0.15) is 38.3 Å². The normalized spacial score (nSPS) is 14.4. The Labute approximate surface area is 95.6 Å². The van der Waals surface area contributed by atoms with Gasteiger partial charge in [0, 0.05) is 18.2 Å². The van der Waals surface area contributed by atoms with Gasteiger partial charge >= 0.3 is 0 Å². The van der Waals surface area contributed by atoms with Crippen LogP contribution in [-0.4, -0.2) is 4.92 Å². The molecule has 0 amide bonds. The van der Waals surface area contributed by atoms with Crippen LogP contribution in [0.3, 0.4) is 0 Å². The lowest BCUT2D eigenvalue weighted by molar-refractivity contribution is -0.384. The number of nitrogens with two attached hydrogens (primary N) is 1. The van der Waals surface area contributed by atoms with E-state index in [1.54, 1.807) is 12.1 Å². The number of nitrogens with zero attached hydrogens (tertiary/aromatic N) is 1. The van der Waals surface area contributed by atoms with Gasteiger partial charge in [-0.15, -0.1) is 0 Å². The molecule has 2 atom stereocenters. The van der Waals surface area contributed by atoms with Crippen LogP contribution in [0.5, 0.6) is 0 Å². The van der Waals surface area contributed by atoms with E-state index in [2.05, 4.69) is 13.8 Å². The molecule has 0 heterocycles. The minimum Gasteiger partial charge on any atom is -0.324 e. The second-order valence-corrected chi connectivity index (χ2v) is 4.14. The zero-order valence-corrected chi connectivity index (χ0v) is 9.72. The van der Waals surface area contributed by atoms with Gasteiger partial charge in [-0.25, -0.2) is 0 Å². The fourth-order valence-corrected chi connectivity index (χ4v) is 1.78. The van der Waals surface area contributed by atoms with Gasteiger partial charge in [-0.2, -0.15) is 0 Å². The monoisotopic (exact) mass is 222 g/mol. The number of hydrogen-bond donors (Lipinski definition) is 1. The van der Waals surface area contributed by atoms with Crippen molar-refractivity contribution in [2.45, 2.75) is 32.7 Å². The van der Waals surface area contributed by atoms with Crippen molar-refractivity contribution >= 4 is 5.69 Å². The van der Waals surface area contributed by atoms with Gasteiger partial charge in [0.25, 0.3) is 5.69 Å². The fourth-order valence-electron chi connectivity index (χ4n) is 1.78. The summed E-state index contributed by atoms with van der Waals surface area (Å²) in [6.45, 7) is 4.23. The highest BCUT2D eigenvalue weighted by Gasteiger charge is 2.15. The van der Waals surface area contributed by atoms with E-state index in [1.165, 1.54) is 12.1 Å². The SMILES string of the molecule is CCCC(C)C(N)c1ccc([N+](=O)[O-])cc1. The van der Waals surface area contributed by atoms with Crippen molar-refractivity contribution in [3.05, 3.63) is 39.9 Å². The molecule has 1 rings (SSSR count). The number of hydrogen-bond acceptors (Lipinski definition) is 3. The number of non-ortho nitro benzene ring substituents is 1. The van der Waals surface area contributed by atoms with Gasteiger partial charge in [0.05, 0.1) is 4.92 Å². The quantitative estimate of drug-likeness (QED) is 0.615. The van der Waals surface area contributed by atoms with Crippen molar-refractivity contribution in [1.82, 2.24) is 0 Å². The molecule has 0 radical (unpaired) electrons. The summed E-state index contributed by atoms with van der Waals surface area (Å²) in [7, 11) is 0. The van der Waals surface area contributed by atoms with Crippen molar-refractivity contribution in [3.63, 3.8) is 0 Å². The smallest absolute Gasteiger partial charge is 0.269 e. The van der Waals surface area contributed by atoms with Crippen molar-refractivity contribution in [1.29, 1.82) is 0 Å². The maximum atomic E-state index is 10.5. The van der Waals surface area contributed by atoms with Crippen LogP contribution in [-0.2, 0) is 0 Å². The predicted octanol–water partition coefficient (Wildman–Crippen LogP) is 3.03. The largest absolute Gasteiger partial charge is 0.324 e. The van der Waals surface area contributed by atoms with Crippen LogP contribution in [0.2, 0.25) is 0 Å². The standard InChI is InChI=1S/C12H18N2O2/c1-3-4-9(2)12(13)10-5-7-11(8-6-10)14(15)16/h5-9,12H,3-4,13H2,1-2H3. The Balaban J connectivity index is 2.77. The summed E-state index contributed by atoms with van der Waals surface area (Å²) in [6, 6.07) is 6.46. The van der Waals surface area contributed by atoms with E-state index in [-0.39, 0.29) is 11.7 Å². The highest BCUT2D eigenvalue weighted by molar-refractivity contribution is 5.34. The van der Waals surface area contributed by atoms with E-state index < -0.39 is 4.92 Å². The molecule has 0 aromatic heterocycles. The van der Waals surface area contributed by atoms with E-state index in [1.807, 2.05) is 0 Å². The van der Waals surface area contributed by atoms with Crippen molar-refractivity contribution in [2.24, 2.45) is 11.7 Å². The Kier molecular flexibility index (Phi) is 4.43. The third-order valence-corrected chi connectivity index (χ3v) is 2.85. The molecule has 0 bridgehead atoms. The van der Waals surface area contributed by atoms with Crippen LogP contribution in [0.25, 0.3) is 0 Å². The molecule has 16 heavy (non-hydrogen) atoms. The van der Waals surface area contributed by atoms with Crippen molar-refractivity contribution < 1.29 is 4.92 Å². The molecule has 0 aliphatic rings. The summed E-state index contributed by atoms with van der Waals surface area (Å²) in [5, 5.41) is 10.5. The number of rotatable bonds is 5. The second kappa shape index (κ2) is 5.61. The first-order chi connectivity index (χ1) is 7.56. The molecule has 0 aliphatic heterocycles.